The molecule has 0 radical (unpaired) electrons. The van der Waals surface area contributed by atoms with Crippen molar-refractivity contribution in [2.24, 2.45) is 0 Å². The number of thiazole rings is 1. The van der Waals surface area contributed by atoms with E-state index < -0.39 is 10.0 Å². The number of rotatable bonds is 7. The highest BCUT2D eigenvalue weighted by Gasteiger charge is 2.31. The van der Waals surface area contributed by atoms with Crippen LogP contribution in [0.5, 0.6) is 0 Å². The van der Waals surface area contributed by atoms with Gasteiger partial charge in [0, 0.05) is 57.4 Å². The molecule has 1 N–H and O–H groups in total. The Morgan fingerprint density at radius 2 is 1.84 bits per heavy atom. The monoisotopic (exact) mass is 561 g/mol. The van der Waals surface area contributed by atoms with E-state index in [2.05, 4.69) is 15.1 Å². The molecule has 2 fully saturated rings. The lowest BCUT2D eigenvalue weighted by atomic mass is 10.1. The van der Waals surface area contributed by atoms with Crippen molar-refractivity contribution in [1.29, 1.82) is 0 Å². The van der Waals surface area contributed by atoms with Crippen LogP contribution in [-0.2, 0) is 10.0 Å². The number of nitrogens with zero attached hydrogens (tertiary/aromatic N) is 4. The molecule has 5 rings (SSSR count). The minimum atomic E-state index is -3.54. The fraction of sp³-hybridized carbons (Fsp3) is 0.462. The number of piperazine rings is 1. The molecule has 0 saturated carbocycles. The molecule has 8 nitrogen and oxygen atoms in total. The van der Waals surface area contributed by atoms with Crippen molar-refractivity contribution >= 4 is 54.2 Å². The van der Waals surface area contributed by atoms with E-state index in [1.165, 1.54) is 0 Å². The van der Waals surface area contributed by atoms with Crippen LogP contribution < -0.4 is 10.2 Å². The molecule has 2 aliphatic rings. The van der Waals surface area contributed by atoms with Crippen LogP contribution in [0.1, 0.15) is 36.5 Å². The number of nitrogens with one attached hydrogen (secondary N) is 1. The Hall–Kier alpha value is -2.24. The van der Waals surface area contributed by atoms with E-state index in [0.29, 0.717) is 23.7 Å². The maximum atomic E-state index is 13.0. The first-order chi connectivity index (χ1) is 17.8. The number of hydrogen-bond donors (Lipinski definition) is 1. The number of piperidine rings is 1. The minimum absolute atomic E-state index is 0.00305. The van der Waals surface area contributed by atoms with Crippen molar-refractivity contribution in [3.05, 3.63) is 53.1 Å². The molecule has 1 unspecified atom stereocenters. The Bertz CT molecular complexity index is 1350. The van der Waals surface area contributed by atoms with Gasteiger partial charge < -0.3 is 10.2 Å². The van der Waals surface area contributed by atoms with Gasteiger partial charge in [0.05, 0.1) is 14.6 Å². The second-order valence-corrected chi connectivity index (χ2v) is 13.0. The number of anilines is 1. The molecule has 2 aliphatic heterocycles. The molecule has 3 heterocycles. The Morgan fingerprint density at radius 3 is 2.54 bits per heavy atom. The summed E-state index contributed by atoms with van der Waals surface area (Å²) in [5.41, 5.74) is 1.32. The van der Waals surface area contributed by atoms with Crippen molar-refractivity contribution in [1.82, 2.24) is 19.5 Å². The number of para-hydroxylation sites is 1. The molecule has 0 spiro atoms. The first-order valence-electron chi connectivity index (χ1n) is 12.8. The average molecular weight is 562 g/mol. The molecule has 37 heavy (non-hydrogen) atoms. The zero-order valence-electron chi connectivity index (χ0n) is 20.9. The van der Waals surface area contributed by atoms with E-state index in [4.69, 9.17) is 16.6 Å². The standard InChI is InChI=1S/C26H32ClN5O3S2/c1-19-5-2-3-13-32(19)37(34,35)21-10-8-20(9-11-21)25(33)28-12-14-30-15-17-31(18-16-30)26-29-24-22(27)6-4-7-23(24)36-26/h4,6-11,19H,2-3,5,12-18H2,1H3,(H,28,33). The summed E-state index contributed by atoms with van der Waals surface area (Å²) in [5.74, 6) is -0.194. The van der Waals surface area contributed by atoms with Crippen molar-refractivity contribution < 1.29 is 13.2 Å². The highest BCUT2D eigenvalue weighted by molar-refractivity contribution is 7.89. The second-order valence-electron chi connectivity index (χ2n) is 9.65. The topological polar surface area (TPSA) is 85.8 Å². The van der Waals surface area contributed by atoms with E-state index in [0.717, 1.165) is 67.3 Å². The van der Waals surface area contributed by atoms with Crippen molar-refractivity contribution in [2.45, 2.75) is 37.1 Å². The molecule has 1 aromatic heterocycles. The molecular weight excluding hydrogens is 530 g/mol. The predicted octanol–water partition coefficient (Wildman–Crippen LogP) is 4.06. The number of halogens is 1. The number of benzene rings is 2. The van der Waals surface area contributed by atoms with Gasteiger partial charge in [0.2, 0.25) is 10.0 Å². The van der Waals surface area contributed by atoms with Gasteiger partial charge in [-0.05, 0) is 56.2 Å². The van der Waals surface area contributed by atoms with E-state index in [1.807, 2.05) is 25.1 Å². The van der Waals surface area contributed by atoms with E-state index >= 15 is 0 Å². The molecule has 2 aromatic carbocycles. The molecule has 3 aromatic rings. The SMILES string of the molecule is CC1CCCCN1S(=O)(=O)c1ccc(C(=O)NCCN2CCN(c3nc4c(Cl)cccc4s3)CC2)cc1. The molecule has 0 bridgehead atoms. The molecule has 1 atom stereocenters. The third-order valence-corrected chi connectivity index (χ3v) is 10.6. The Kier molecular flexibility index (Phi) is 8.02. The molecular formula is C26H32ClN5O3S2. The van der Waals surface area contributed by atoms with Gasteiger partial charge in [-0.15, -0.1) is 0 Å². The number of aromatic nitrogens is 1. The van der Waals surface area contributed by atoms with Crippen LogP contribution in [0.4, 0.5) is 5.13 Å². The van der Waals surface area contributed by atoms with Gasteiger partial charge in [0.15, 0.2) is 5.13 Å². The smallest absolute Gasteiger partial charge is 0.251 e. The van der Waals surface area contributed by atoms with Crippen LogP contribution in [0.2, 0.25) is 5.02 Å². The summed E-state index contributed by atoms with van der Waals surface area (Å²) in [4.78, 5) is 22.2. The molecule has 1 amide bonds. The van der Waals surface area contributed by atoms with Gasteiger partial charge in [-0.1, -0.05) is 35.4 Å². The quantitative estimate of drug-likeness (QED) is 0.468. The average Bonchev–Trinajstić information content (AvgIpc) is 3.35. The molecule has 0 aliphatic carbocycles. The van der Waals surface area contributed by atoms with E-state index in [1.54, 1.807) is 39.9 Å². The van der Waals surface area contributed by atoms with Gasteiger partial charge in [-0.3, -0.25) is 9.69 Å². The number of carbonyl (C=O) groups excluding carboxylic acids is 1. The summed E-state index contributed by atoms with van der Waals surface area (Å²) < 4.78 is 28.7. The lowest BCUT2D eigenvalue weighted by Gasteiger charge is -2.34. The highest BCUT2D eigenvalue weighted by atomic mass is 35.5. The number of amides is 1. The number of fused-ring (bicyclic) bond motifs is 1. The second kappa shape index (κ2) is 11.2. The summed E-state index contributed by atoms with van der Waals surface area (Å²) in [7, 11) is -3.54. The van der Waals surface area contributed by atoms with E-state index in [-0.39, 0.29) is 16.8 Å². The summed E-state index contributed by atoms with van der Waals surface area (Å²) in [6, 6.07) is 12.1. The van der Waals surface area contributed by atoms with Crippen molar-refractivity contribution in [3.8, 4) is 0 Å². The number of hydrogen-bond acceptors (Lipinski definition) is 7. The molecule has 198 valence electrons. The van der Waals surface area contributed by atoms with Crippen molar-refractivity contribution in [2.75, 3.05) is 50.7 Å². The fourth-order valence-corrected chi connectivity index (χ4v) is 7.99. The third-order valence-electron chi connectivity index (χ3n) is 7.18. The normalized spacial score (nSPS) is 19.8. The largest absolute Gasteiger partial charge is 0.351 e. The summed E-state index contributed by atoms with van der Waals surface area (Å²) >= 11 is 7.94. The predicted molar refractivity (Wildman–Crippen MR) is 149 cm³/mol. The van der Waals surface area contributed by atoms with Gasteiger partial charge in [0.1, 0.15) is 5.52 Å². The van der Waals surface area contributed by atoms with Crippen molar-refractivity contribution in [3.63, 3.8) is 0 Å². The van der Waals surface area contributed by atoms with E-state index in [9.17, 15) is 13.2 Å². The van der Waals surface area contributed by atoms with Crippen LogP contribution in [0.15, 0.2) is 47.4 Å². The maximum absolute atomic E-state index is 13.0. The summed E-state index contributed by atoms with van der Waals surface area (Å²) in [6.07, 6.45) is 2.82. The Balaban J connectivity index is 1.09. The number of sulfonamides is 1. The highest BCUT2D eigenvalue weighted by Crippen LogP contribution is 2.33. The third kappa shape index (κ3) is 5.78. The molecule has 2 saturated heterocycles. The lowest BCUT2D eigenvalue weighted by Crippen LogP contribution is -2.48. The van der Waals surface area contributed by atoms with Crippen LogP contribution in [0, 0.1) is 0 Å². The lowest BCUT2D eigenvalue weighted by molar-refractivity contribution is 0.0947. The Morgan fingerprint density at radius 1 is 1.08 bits per heavy atom. The summed E-state index contributed by atoms with van der Waals surface area (Å²) in [5, 5.41) is 4.64. The maximum Gasteiger partial charge on any atom is 0.251 e. The zero-order chi connectivity index (χ0) is 26.0. The van der Waals surface area contributed by atoms with Gasteiger partial charge in [0.25, 0.3) is 5.91 Å². The van der Waals surface area contributed by atoms with Gasteiger partial charge in [-0.25, -0.2) is 13.4 Å². The van der Waals surface area contributed by atoms with Crippen LogP contribution >= 0.6 is 22.9 Å². The number of carbonyl (C=O) groups is 1. The fourth-order valence-electron chi connectivity index (χ4n) is 4.97. The first kappa shape index (κ1) is 26.4. The molecule has 11 heteroatoms. The Labute approximate surface area is 227 Å². The first-order valence-corrected chi connectivity index (χ1v) is 15.4. The van der Waals surface area contributed by atoms with Crippen LogP contribution in [0.25, 0.3) is 10.2 Å². The van der Waals surface area contributed by atoms with Crippen LogP contribution in [-0.4, -0.2) is 80.4 Å². The minimum Gasteiger partial charge on any atom is -0.351 e. The van der Waals surface area contributed by atoms with Gasteiger partial charge >= 0.3 is 0 Å². The van der Waals surface area contributed by atoms with Gasteiger partial charge in [-0.2, -0.15) is 4.31 Å². The zero-order valence-corrected chi connectivity index (χ0v) is 23.3. The summed E-state index contributed by atoms with van der Waals surface area (Å²) in [6.45, 7) is 7.31. The van der Waals surface area contributed by atoms with Crippen LogP contribution in [0.3, 0.4) is 0 Å².